The van der Waals surface area contributed by atoms with E-state index in [0.29, 0.717) is 6.42 Å². The zero-order chi connectivity index (χ0) is 20.0. The quantitative estimate of drug-likeness (QED) is 0.611. The number of hydrogen-bond acceptors (Lipinski definition) is 2. The maximum absolute atomic E-state index is 10.6. The zero-order valence-electron chi connectivity index (χ0n) is 16.9. The van der Waals surface area contributed by atoms with Crippen LogP contribution in [0.2, 0.25) is 0 Å². The third-order valence-electron chi connectivity index (χ3n) is 3.60. The van der Waals surface area contributed by atoms with Gasteiger partial charge in [0.05, 0.1) is 5.60 Å². The summed E-state index contributed by atoms with van der Waals surface area (Å²) in [5, 5.41) is 10.6. The second kappa shape index (κ2) is 12.8. The van der Waals surface area contributed by atoms with Crippen LogP contribution in [0.1, 0.15) is 40.3 Å². The Labute approximate surface area is 159 Å². The van der Waals surface area contributed by atoms with E-state index >= 15 is 0 Å². The minimum atomic E-state index is -1.02. The molecule has 0 amide bonds. The Morgan fingerprint density at radius 1 is 1.00 bits per heavy atom. The first-order chi connectivity index (χ1) is 12.6. The molecule has 0 fully saturated rings. The van der Waals surface area contributed by atoms with E-state index in [4.69, 9.17) is 0 Å². The average molecular weight is 352 g/mol. The van der Waals surface area contributed by atoms with Crippen LogP contribution in [-0.4, -0.2) is 15.7 Å². The van der Waals surface area contributed by atoms with Gasteiger partial charge in [0.2, 0.25) is 0 Å². The van der Waals surface area contributed by atoms with Gasteiger partial charge in [-0.05, 0) is 24.1 Å². The minimum absolute atomic E-state index is 0.424. The molecule has 2 rings (SSSR count). The fourth-order valence-electron chi connectivity index (χ4n) is 2.38. The van der Waals surface area contributed by atoms with E-state index in [1.54, 1.807) is 25.2 Å². The van der Waals surface area contributed by atoms with Crippen molar-refractivity contribution in [2.45, 2.75) is 46.6 Å². The van der Waals surface area contributed by atoms with Crippen molar-refractivity contribution in [3.8, 4) is 11.1 Å². The second-order valence-corrected chi connectivity index (χ2v) is 5.42. The molecular weight excluding hydrogens is 318 g/mol. The maximum Gasteiger partial charge on any atom is 0.0923 e. The summed E-state index contributed by atoms with van der Waals surface area (Å²) in [5.74, 6) is 0. The van der Waals surface area contributed by atoms with E-state index in [0.717, 1.165) is 22.4 Å². The number of hydrogen-bond donors (Lipinski definition) is 1. The molecule has 0 saturated heterocycles. The van der Waals surface area contributed by atoms with Crippen LogP contribution in [0.25, 0.3) is 11.1 Å². The van der Waals surface area contributed by atoms with Gasteiger partial charge < -0.3 is 5.11 Å². The predicted octanol–water partition coefficient (Wildman–Crippen LogP) is 6.39. The van der Waals surface area contributed by atoms with E-state index in [1.807, 2.05) is 64.2 Å². The van der Waals surface area contributed by atoms with Crippen molar-refractivity contribution < 1.29 is 5.11 Å². The largest absolute Gasteiger partial charge is 0.385 e. The van der Waals surface area contributed by atoms with Crippen LogP contribution in [0.3, 0.4) is 0 Å². The van der Waals surface area contributed by atoms with Gasteiger partial charge in [0.1, 0.15) is 0 Å². The summed E-state index contributed by atoms with van der Waals surface area (Å²) in [7, 11) is 0. The molecule has 0 aliphatic carbocycles. The molecule has 0 radical (unpaired) electrons. The number of pyridine rings is 1. The summed E-state index contributed by atoms with van der Waals surface area (Å²) < 4.78 is 0. The van der Waals surface area contributed by atoms with Gasteiger partial charge in [-0.15, -0.1) is 0 Å². The molecule has 0 saturated carbocycles. The topological polar surface area (TPSA) is 33.1 Å². The van der Waals surface area contributed by atoms with Gasteiger partial charge >= 0.3 is 0 Å². The Morgan fingerprint density at radius 2 is 1.62 bits per heavy atom. The number of nitrogens with zero attached hydrogens (tertiary/aromatic N) is 1. The summed E-state index contributed by atoms with van der Waals surface area (Å²) in [5.41, 5.74) is 2.75. The predicted molar refractivity (Wildman–Crippen MR) is 115 cm³/mol. The highest BCUT2D eigenvalue weighted by Crippen LogP contribution is 2.24. The van der Waals surface area contributed by atoms with Gasteiger partial charge in [-0.1, -0.05) is 95.5 Å². The van der Waals surface area contributed by atoms with Crippen LogP contribution >= 0.6 is 0 Å². The molecule has 2 aromatic rings. The monoisotopic (exact) mass is 351 g/mol. The normalized spacial score (nSPS) is 12.5. The lowest BCUT2D eigenvalue weighted by Gasteiger charge is -2.24. The Kier molecular flexibility index (Phi) is 11.6. The molecule has 0 aliphatic heterocycles. The van der Waals surface area contributed by atoms with Crippen LogP contribution < -0.4 is 0 Å². The van der Waals surface area contributed by atoms with Crippen LogP contribution in [0.15, 0.2) is 85.6 Å². The molecule has 1 N–H and O–H groups in total. The SMILES string of the molecule is C=C/C=C(\C=C)[C@](C)(O)Cc1ccc(-c2ccccc2)cn1.CC.CC. The Morgan fingerprint density at radius 3 is 2.08 bits per heavy atom. The fraction of sp³-hybridized carbons (Fsp3) is 0.292. The van der Waals surface area contributed by atoms with Crippen molar-refractivity contribution in [1.82, 2.24) is 4.98 Å². The van der Waals surface area contributed by atoms with Gasteiger partial charge in [0.25, 0.3) is 0 Å². The highest BCUT2D eigenvalue weighted by atomic mass is 16.3. The molecule has 0 aliphatic rings. The number of benzene rings is 1. The molecule has 0 bridgehead atoms. The number of aliphatic hydroxyl groups is 1. The van der Waals surface area contributed by atoms with Crippen LogP contribution in [0, 0.1) is 0 Å². The third-order valence-corrected chi connectivity index (χ3v) is 3.60. The standard InChI is InChI=1S/C20H21NO.2C2H6/c1-4-9-18(5-2)20(3,22)14-19-13-12-17(15-21-19)16-10-7-6-8-11-16;2*1-2/h4-13,15,22H,1-2,14H2,3H3;2*1-2H3/b18-9+;;/t20-;;/m1../s1. The van der Waals surface area contributed by atoms with Crippen molar-refractivity contribution in [3.63, 3.8) is 0 Å². The lowest BCUT2D eigenvalue weighted by atomic mass is 9.90. The number of aromatic nitrogens is 1. The van der Waals surface area contributed by atoms with Crippen LogP contribution in [-0.2, 0) is 6.42 Å². The molecule has 0 spiro atoms. The summed E-state index contributed by atoms with van der Waals surface area (Å²) >= 11 is 0. The molecular formula is C24H33NO. The van der Waals surface area contributed by atoms with E-state index in [1.165, 1.54) is 0 Å². The summed E-state index contributed by atoms with van der Waals surface area (Å²) in [4.78, 5) is 4.47. The average Bonchev–Trinajstić information content (AvgIpc) is 2.70. The highest BCUT2D eigenvalue weighted by molar-refractivity contribution is 5.62. The summed E-state index contributed by atoms with van der Waals surface area (Å²) in [6, 6.07) is 14.1. The van der Waals surface area contributed by atoms with Gasteiger partial charge in [-0.25, -0.2) is 0 Å². The van der Waals surface area contributed by atoms with E-state index < -0.39 is 5.60 Å². The first kappa shape index (κ1) is 23.5. The first-order valence-corrected chi connectivity index (χ1v) is 9.25. The third kappa shape index (κ3) is 7.20. The second-order valence-electron chi connectivity index (χ2n) is 5.42. The van der Waals surface area contributed by atoms with Gasteiger partial charge in [0.15, 0.2) is 0 Å². The Balaban J connectivity index is 0.00000146. The van der Waals surface area contributed by atoms with Crippen LogP contribution in [0.5, 0.6) is 0 Å². The van der Waals surface area contributed by atoms with E-state index in [-0.39, 0.29) is 0 Å². The van der Waals surface area contributed by atoms with Gasteiger partial charge in [0, 0.05) is 23.9 Å². The van der Waals surface area contributed by atoms with Crippen LogP contribution in [0.4, 0.5) is 0 Å². The zero-order valence-corrected chi connectivity index (χ0v) is 16.9. The molecule has 1 aromatic heterocycles. The maximum atomic E-state index is 10.6. The molecule has 1 atom stereocenters. The first-order valence-electron chi connectivity index (χ1n) is 9.25. The Hall–Kier alpha value is -2.45. The number of rotatable bonds is 6. The number of allylic oxidation sites excluding steroid dienone is 2. The van der Waals surface area contributed by atoms with Crippen molar-refractivity contribution in [1.29, 1.82) is 0 Å². The van der Waals surface area contributed by atoms with Gasteiger partial charge in [-0.2, -0.15) is 0 Å². The van der Waals surface area contributed by atoms with E-state index in [9.17, 15) is 5.11 Å². The molecule has 1 aromatic carbocycles. The van der Waals surface area contributed by atoms with Crippen molar-refractivity contribution in [3.05, 3.63) is 91.3 Å². The molecule has 26 heavy (non-hydrogen) atoms. The fourth-order valence-corrected chi connectivity index (χ4v) is 2.38. The molecule has 0 unspecified atom stereocenters. The summed E-state index contributed by atoms with van der Waals surface area (Å²) in [6.07, 6.45) is 7.34. The lowest BCUT2D eigenvalue weighted by molar-refractivity contribution is 0.102. The van der Waals surface area contributed by atoms with Crippen molar-refractivity contribution in [2.75, 3.05) is 0 Å². The molecule has 1 heterocycles. The van der Waals surface area contributed by atoms with Gasteiger partial charge in [-0.3, -0.25) is 4.98 Å². The summed E-state index contributed by atoms with van der Waals surface area (Å²) in [6.45, 7) is 17.2. The lowest BCUT2D eigenvalue weighted by Crippen LogP contribution is -2.29. The molecule has 2 heteroatoms. The van der Waals surface area contributed by atoms with E-state index in [2.05, 4.69) is 30.3 Å². The minimum Gasteiger partial charge on any atom is -0.385 e. The smallest absolute Gasteiger partial charge is 0.0923 e. The molecule has 2 nitrogen and oxygen atoms in total. The Bertz CT molecular complexity index is 667. The van der Waals surface area contributed by atoms with Crippen molar-refractivity contribution in [2.24, 2.45) is 0 Å². The van der Waals surface area contributed by atoms with Crippen molar-refractivity contribution >= 4 is 0 Å². The molecule has 140 valence electrons. The highest BCUT2D eigenvalue weighted by Gasteiger charge is 2.24.